The lowest BCUT2D eigenvalue weighted by molar-refractivity contribution is -0.105. The van der Waals surface area contributed by atoms with Gasteiger partial charge in [-0.15, -0.1) is 11.3 Å². The van der Waals surface area contributed by atoms with E-state index in [1.807, 2.05) is 6.07 Å². The van der Waals surface area contributed by atoms with Crippen LogP contribution >= 0.6 is 11.3 Å². The highest BCUT2D eigenvalue weighted by molar-refractivity contribution is 7.17. The van der Waals surface area contributed by atoms with Gasteiger partial charge in [-0.3, -0.25) is 4.79 Å². The van der Waals surface area contributed by atoms with Crippen molar-refractivity contribution in [3.05, 3.63) is 29.1 Å². The van der Waals surface area contributed by atoms with E-state index in [0.29, 0.717) is 5.92 Å². The molecule has 0 saturated carbocycles. The molecule has 0 aliphatic carbocycles. The van der Waals surface area contributed by atoms with Crippen LogP contribution in [0.1, 0.15) is 31.2 Å². The zero-order valence-electron chi connectivity index (χ0n) is 11.8. The summed E-state index contributed by atoms with van der Waals surface area (Å²) in [7, 11) is 0. The Hall–Kier alpha value is -1.39. The number of hydrogen-bond donors (Lipinski definition) is 1. The molecule has 0 atom stereocenters. The monoisotopic (exact) mass is 288 g/mol. The molecule has 0 unspecified atom stereocenters. The second kappa shape index (κ2) is 5.94. The third kappa shape index (κ3) is 2.58. The van der Waals surface area contributed by atoms with Crippen LogP contribution < -0.4 is 5.32 Å². The second-order valence-corrected chi connectivity index (χ2v) is 6.28. The van der Waals surface area contributed by atoms with Crippen LogP contribution in [0.15, 0.2) is 23.6 Å². The molecule has 1 aromatic carbocycles. The summed E-state index contributed by atoms with van der Waals surface area (Å²) in [6.07, 6.45) is 3.25. The molecule has 1 N–H and O–H groups in total. The van der Waals surface area contributed by atoms with E-state index in [4.69, 9.17) is 0 Å². The maximum atomic E-state index is 10.5. The molecule has 1 aliphatic heterocycles. The van der Waals surface area contributed by atoms with E-state index in [9.17, 15) is 4.79 Å². The maximum absolute atomic E-state index is 10.5. The highest BCUT2D eigenvalue weighted by Crippen LogP contribution is 2.37. The van der Waals surface area contributed by atoms with Gasteiger partial charge in [-0.25, -0.2) is 0 Å². The van der Waals surface area contributed by atoms with Gasteiger partial charge in [0.25, 0.3) is 0 Å². The lowest BCUT2D eigenvalue weighted by atomic mass is 9.89. The van der Waals surface area contributed by atoms with Crippen molar-refractivity contribution in [3.8, 4) is 0 Å². The lowest BCUT2D eigenvalue weighted by Gasteiger charge is -2.31. The van der Waals surface area contributed by atoms with Gasteiger partial charge < -0.3 is 10.2 Å². The van der Waals surface area contributed by atoms with Crippen molar-refractivity contribution in [1.82, 2.24) is 4.90 Å². The molecule has 3 rings (SSSR count). The van der Waals surface area contributed by atoms with E-state index in [0.717, 1.165) is 18.6 Å². The molecule has 3 nitrogen and oxygen atoms in total. The molecule has 0 spiro atoms. The van der Waals surface area contributed by atoms with Crippen LogP contribution in [0.25, 0.3) is 10.1 Å². The average Bonchev–Trinajstić information content (AvgIpc) is 2.91. The highest BCUT2D eigenvalue weighted by Gasteiger charge is 2.21. The van der Waals surface area contributed by atoms with Gasteiger partial charge in [-0.05, 0) is 66.9 Å². The van der Waals surface area contributed by atoms with Gasteiger partial charge in [-0.1, -0.05) is 13.0 Å². The fraction of sp³-hybridized carbons (Fsp3) is 0.438. The number of anilines is 1. The molecular formula is C16H20N2OS. The number of amides is 1. The van der Waals surface area contributed by atoms with Gasteiger partial charge in [0.05, 0.1) is 0 Å². The van der Waals surface area contributed by atoms with E-state index in [-0.39, 0.29) is 0 Å². The van der Waals surface area contributed by atoms with Crippen LogP contribution in [0.3, 0.4) is 0 Å². The van der Waals surface area contributed by atoms with E-state index >= 15 is 0 Å². The summed E-state index contributed by atoms with van der Waals surface area (Å²) in [5.74, 6) is 0.691. The Bertz CT molecular complexity index is 600. The molecule has 2 heterocycles. The molecule has 1 aliphatic rings. The Labute approximate surface area is 123 Å². The van der Waals surface area contributed by atoms with Gasteiger partial charge in [0.2, 0.25) is 6.41 Å². The Balaban J connectivity index is 1.84. The van der Waals surface area contributed by atoms with Gasteiger partial charge in [-0.2, -0.15) is 0 Å². The molecule has 0 bridgehead atoms. The van der Waals surface area contributed by atoms with Crippen LogP contribution in [0, 0.1) is 0 Å². The van der Waals surface area contributed by atoms with Crippen LogP contribution in [-0.4, -0.2) is 30.9 Å². The largest absolute Gasteiger partial charge is 0.329 e. The van der Waals surface area contributed by atoms with Crippen molar-refractivity contribution in [2.24, 2.45) is 0 Å². The molecule has 1 saturated heterocycles. The number of carbonyl (C=O) groups is 1. The number of piperidine rings is 1. The normalized spacial score (nSPS) is 17.4. The molecule has 1 fully saturated rings. The minimum Gasteiger partial charge on any atom is -0.329 e. The molecule has 20 heavy (non-hydrogen) atoms. The van der Waals surface area contributed by atoms with E-state index < -0.39 is 0 Å². The van der Waals surface area contributed by atoms with Crippen LogP contribution in [0.4, 0.5) is 5.69 Å². The fourth-order valence-corrected chi connectivity index (χ4v) is 4.16. The summed E-state index contributed by atoms with van der Waals surface area (Å²) in [5.41, 5.74) is 2.38. The van der Waals surface area contributed by atoms with Gasteiger partial charge in [0, 0.05) is 10.4 Å². The first-order chi connectivity index (χ1) is 9.81. The summed E-state index contributed by atoms with van der Waals surface area (Å²) in [6.45, 7) is 5.83. The summed E-state index contributed by atoms with van der Waals surface area (Å²) in [6, 6.07) is 6.21. The number of likely N-dealkylation sites (tertiary alicyclic amines) is 1. The average molecular weight is 288 g/mol. The van der Waals surface area contributed by atoms with Gasteiger partial charge >= 0.3 is 0 Å². The van der Waals surface area contributed by atoms with Crippen molar-refractivity contribution in [1.29, 1.82) is 0 Å². The zero-order valence-corrected chi connectivity index (χ0v) is 12.6. The van der Waals surface area contributed by atoms with Crippen LogP contribution in [-0.2, 0) is 4.79 Å². The summed E-state index contributed by atoms with van der Waals surface area (Å²) in [5, 5.41) is 6.39. The Morgan fingerprint density at radius 1 is 1.40 bits per heavy atom. The minimum atomic E-state index is 0.691. The second-order valence-electron chi connectivity index (χ2n) is 5.37. The SMILES string of the molecule is CCN1CCC(c2csc3cc(NC=O)ccc23)CC1. The predicted molar refractivity (Wildman–Crippen MR) is 85.6 cm³/mol. The quantitative estimate of drug-likeness (QED) is 0.871. The minimum absolute atomic E-state index is 0.691. The fourth-order valence-electron chi connectivity index (χ4n) is 3.08. The number of nitrogens with one attached hydrogen (secondary N) is 1. The third-order valence-electron chi connectivity index (χ3n) is 4.31. The Kier molecular flexibility index (Phi) is 4.03. The van der Waals surface area contributed by atoms with Crippen LogP contribution in [0.2, 0.25) is 0 Å². The Morgan fingerprint density at radius 3 is 2.90 bits per heavy atom. The molecule has 106 valence electrons. The predicted octanol–water partition coefficient (Wildman–Crippen LogP) is 3.67. The number of nitrogens with zero attached hydrogens (tertiary/aromatic N) is 1. The topological polar surface area (TPSA) is 32.3 Å². The number of carbonyl (C=O) groups excluding carboxylic acids is 1. The van der Waals surface area contributed by atoms with E-state index in [1.165, 1.54) is 41.6 Å². The molecule has 0 radical (unpaired) electrons. The van der Waals surface area contributed by atoms with Crippen molar-refractivity contribution in [2.75, 3.05) is 25.0 Å². The van der Waals surface area contributed by atoms with E-state index in [1.54, 1.807) is 11.3 Å². The number of benzene rings is 1. The summed E-state index contributed by atoms with van der Waals surface area (Å²) in [4.78, 5) is 13.0. The number of thiophene rings is 1. The van der Waals surface area contributed by atoms with Crippen molar-refractivity contribution < 1.29 is 4.79 Å². The Morgan fingerprint density at radius 2 is 2.20 bits per heavy atom. The molecule has 1 aromatic heterocycles. The number of fused-ring (bicyclic) bond motifs is 1. The highest BCUT2D eigenvalue weighted by atomic mass is 32.1. The summed E-state index contributed by atoms with van der Waals surface area (Å²) < 4.78 is 1.27. The molecule has 1 amide bonds. The molecule has 2 aromatic rings. The van der Waals surface area contributed by atoms with Gasteiger partial charge in [0.1, 0.15) is 0 Å². The lowest BCUT2D eigenvalue weighted by Crippen LogP contribution is -2.32. The van der Waals surface area contributed by atoms with Crippen molar-refractivity contribution in [2.45, 2.75) is 25.7 Å². The molecular weight excluding hydrogens is 268 g/mol. The molecule has 4 heteroatoms. The third-order valence-corrected chi connectivity index (χ3v) is 5.27. The first-order valence-electron chi connectivity index (χ1n) is 7.25. The maximum Gasteiger partial charge on any atom is 0.211 e. The van der Waals surface area contributed by atoms with Crippen LogP contribution in [0.5, 0.6) is 0 Å². The van der Waals surface area contributed by atoms with Crippen molar-refractivity contribution in [3.63, 3.8) is 0 Å². The standard InChI is InChI=1S/C16H20N2OS/c1-2-18-7-5-12(6-8-18)15-10-20-16-9-13(17-11-19)3-4-14(15)16/h3-4,9-12H,2,5-8H2,1H3,(H,17,19). The first-order valence-corrected chi connectivity index (χ1v) is 8.13. The summed E-state index contributed by atoms with van der Waals surface area (Å²) >= 11 is 1.78. The first kappa shape index (κ1) is 13.6. The van der Waals surface area contributed by atoms with Crippen molar-refractivity contribution >= 4 is 33.5 Å². The smallest absolute Gasteiger partial charge is 0.211 e. The zero-order chi connectivity index (χ0) is 13.9. The number of rotatable bonds is 4. The number of hydrogen-bond acceptors (Lipinski definition) is 3. The van der Waals surface area contributed by atoms with E-state index in [2.05, 4.69) is 34.7 Å². The van der Waals surface area contributed by atoms with Gasteiger partial charge in [0.15, 0.2) is 0 Å².